The summed E-state index contributed by atoms with van der Waals surface area (Å²) in [6.07, 6.45) is 0. The molecule has 0 spiro atoms. The van der Waals surface area contributed by atoms with Crippen molar-refractivity contribution in [3.8, 4) is 11.3 Å². The third-order valence-electron chi connectivity index (χ3n) is 4.24. The number of aromatic amines is 1. The third kappa shape index (κ3) is 5.62. The Bertz CT molecular complexity index is 1130. The molecule has 0 saturated carbocycles. The van der Waals surface area contributed by atoms with Crippen molar-refractivity contribution in [2.24, 2.45) is 0 Å². The van der Waals surface area contributed by atoms with Gasteiger partial charge in [0.1, 0.15) is 0 Å². The summed E-state index contributed by atoms with van der Waals surface area (Å²) in [5.74, 6) is -0.291. The second kappa shape index (κ2) is 9.20. The Morgan fingerprint density at radius 1 is 1.10 bits per heavy atom. The number of hydrogen-bond donors (Lipinski definition) is 2. The van der Waals surface area contributed by atoms with Crippen molar-refractivity contribution in [2.75, 3.05) is 11.1 Å². The number of nitrogens with one attached hydrogen (secondary N) is 2. The molecule has 2 aromatic carbocycles. The summed E-state index contributed by atoms with van der Waals surface area (Å²) in [5.41, 5.74) is 2.15. The van der Waals surface area contributed by atoms with Crippen molar-refractivity contribution in [1.82, 2.24) is 15.2 Å². The zero-order chi connectivity index (χ0) is 21.9. The second-order valence-corrected chi connectivity index (χ2v) is 9.40. The van der Waals surface area contributed by atoms with Crippen LogP contribution in [0.1, 0.15) is 26.3 Å². The molecule has 0 saturated heterocycles. The van der Waals surface area contributed by atoms with Crippen molar-refractivity contribution in [3.05, 3.63) is 68.4 Å². The van der Waals surface area contributed by atoms with Crippen molar-refractivity contribution in [2.45, 2.75) is 31.3 Å². The van der Waals surface area contributed by atoms with E-state index in [0.717, 1.165) is 17.3 Å². The number of amides is 1. The maximum absolute atomic E-state index is 12.4. The van der Waals surface area contributed by atoms with E-state index >= 15 is 0 Å². The van der Waals surface area contributed by atoms with Crippen LogP contribution in [0.4, 0.5) is 5.69 Å². The molecule has 30 heavy (non-hydrogen) atoms. The molecule has 0 aliphatic rings. The van der Waals surface area contributed by atoms with Crippen LogP contribution in [0.5, 0.6) is 0 Å². The van der Waals surface area contributed by atoms with E-state index in [-0.39, 0.29) is 33.5 Å². The lowest BCUT2D eigenvalue weighted by atomic mass is 9.86. The average Bonchev–Trinajstić information content (AvgIpc) is 2.69. The number of aromatic nitrogens is 3. The van der Waals surface area contributed by atoms with Gasteiger partial charge in [-0.2, -0.15) is 0 Å². The highest BCUT2D eigenvalue weighted by atomic mass is 35.5. The molecule has 0 fully saturated rings. The third-order valence-corrected chi connectivity index (χ3v) is 5.67. The average molecular weight is 463 g/mol. The first-order chi connectivity index (χ1) is 14.1. The van der Waals surface area contributed by atoms with Crippen molar-refractivity contribution < 1.29 is 4.79 Å². The zero-order valence-corrected chi connectivity index (χ0v) is 19.0. The Labute approximate surface area is 188 Å². The molecule has 1 aromatic heterocycles. The molecule has 6 nitrogen and oxygen atoms in total. The Hall–Kier alpha value is -2.35. The maximum Gasteiger partial charge on any atom is 0.278 e. The Kier molecular flexibility index (Phi) is 6.85. The topological polar surface area (TPSA) is 87.7 Å². The molecule has 3 rings (SSSR count). The number of anilines is 1. The normalized spacial score (nSPS) is 11.4. The fraction of sp³-hybridized carbons (Fsp3) is 0.238. The number of carbonyl (C=O) groups is 1. The van der Waals surface area contributed by atoms with Crippen LogP contribution in [-0.4, -0.2) is 26.8 Å². The largest absolute Gasteiger partial charge is 0.324 e. The van der Waals surface area contributed by atoms with Gasteiger partial charge in [0.25, 0.3) is 5.56 Å². The molecule has 0 aliphatic heterocycles. The van der Waals surface area contributed by atoms with Gasteiger partial charge in [-0.3, -0.25) is 14.6 Å². The van der Waals surface area contributed by atoms with Gasteiger partial charge in [0.15, 0.2) is 10.9 Å². The van der Waals surface area contributed by atoms with Gasteiger partial charge < -0.3 is 5.32 Å². The number of benzene rings is 2. The molecule has 0 bridgehead atoms. The Morgan fingerprint density at radius 3 is 2.43 bits per heavy atom. The zero-order valence-electron chi connectivity index (χ0n) is 16.6. The minimum atomic E-state index is -0.366. The van der Waals surface area contributed by atoms with Gasteiger partial charge >= 0.3 is 0 Å². The maximum atomic E-state index is 12.4. The van der Waals surface area contributed by atoms with Gasteiger partial charge in [0.05, 0.1) is 16.5 Å². The number of H-pyrrole nitrogens is 1. The first-order valence-corrected chi connectivity index (χ1v) is 10.8. The van der Waals surface area contributed by atoms with Gasteiger partial charge in [0, 0.05) is 10.6 Å². The first-order valence-electron chi connectivity index (χ1n) is 9.09. The molecular formula is C21H20Cl2N4O2S. The predicted octanol–water partition coefficient (Wildman–Crippen LogP) is 5.17. The van der Waals surface area contributed by atoms with Crippen molar-refractivity contribution in [3.63, 3.8) is 0 Å². The molecule has 9 heteroatoms. The summed E-state index contributed by atoms with van der Waals surface area (Å²) in [4.78, 5) is 27.3. The molecule has 0 atom stereocenters. The summed E-state index contributed by atoms with van der Waals surface area (Å²) < 4.78 is 0. The molecule has 2 N–H and O–H groups in total. The Balaban J connectivity index is 1.66. The summed E-state index contributed by atoms with van der Waals surface area (Å²) in [5, 5.41) is 11.8. The SMILES string of the molecule is CC(C)(C)c1ccc(-c2nnc(SCC(=O)Nc3cc(Cl)ccc3Cl)[nH]c2=O)cc1. The van der Waals surface area contributed by atoms with E-state index in [2.05, 4.69) is 41.3 Å². The standard InChI is InChI=1S/C21H20Cl2N4O2S/c1-21(2,3)13-6-4-12(5-7-13)18-19(29)25-20(27-26-18)30-11-17(28)24-16-10-14(22)8-9-15(16)23/h4-10H,11H2,1-3H3,(H,24,28)(H,25,27,29). The van der Waals surface area contributed by atoms with Crippen LogP contribution >= 0.6 is 35.0 Å². The number of halogens is 2. The molecule has 0 aliphatic carbocycles. The highest BCUT2D eigenvalue weighted by molar-refractivity contribution is 7.99. The molecular weight excluding hydrogens is 443 g/mol. The molecule has 156 valence electrons. The van der Waals surface area contributed by atoms with Crippen molar-refractivity contribution >= 4 is 46.6 Å². The minimum absolute atomic E-state index is 0.0208. The van der Waals surface area contributed by atoms with E-state index in [0.29, 0.717) is 21.3 Å². The van der Waals surface area contributed by atoms with Crippen LogP contribution in [0.15, 0.2) is 52.4 Å². The van der Waals surface area contributed by atoms with Crippen LogP contribution in [0.3, 0.4) is 0 Å². The van der Waals surface area contributed by atoms with Gasteiger partial charge in [-0.1, -0.05) is 80.0 Å². The van der Waals surface area contributed by atoms with Crippen LogP contribution in [0.2, 0.25) is 10.0 Å². The Morgan fingerprint density at radius 2 is 1.80 bits per heavy atom. The van der Waals surface area contributed by atoms with Crippen LogP contribution < -0.4 is 10.9 Å². The van der Waals surface area contributed by atoms with E-state index in [4.69, 9.17) is 23.2 Å². The lowest BCUT2D eigenvalue weighted by Gasteiger charge is -2.18. The number of rotatable bonds is 5. The fourth-order valence-electron chi connectivity index (χ4n) is 2.62. The van der Waals surface area contributed by atoms with E-state index in [1.807, 2.05) is 24.3 Å². The van der Waals surface area contributed by atoms with E-state index in [9.17, 15) is 9.59 Å². The predicted molar refractivity (Wildman–Crippen MR) is 123 cm³/mol. The number of carbonyl (C=O) groups excluding carboxylic acids is 1. The quantitative estimate of drug-likeness (QED) is 0.510. The highest BCUT2D eigenvalue weighted by Crippen LogP contribution is 2.26. The van der Waals surface area contributed by atoms with E-state index in [1.165, 1.54) is 0 Å². The fourth-order valence-corrected chi connectivity index (χ4v) is 3.56. The second-order valence-electron chi connectivity index (χ2n) is 7.60. The lowest BCUT2D eigenvalue weighted by molar-refractivity contribution is -0.113. The highest BCUT2D eigenvalue weighted by Gasteiger charge is 2.15. The minimum Gasteiger partial charge on any atom is -0.324 e. The molecule has 0 radical (unpaired) electrons. The summed E-state index contributed by atoms with van der Waals surface area (Å²) >= 11 is 13.0. The number of hydrogen-bond acceptors (Lipinski definition) is 5. The number of thioether (sulfide) groups is 1. The van der Waals surface area contributed by atoms with Crippen LogP contribution in [0.25, 0.3) is 11.3 Å². The van der Waals surface area contributed by atoms with Crippen LogP contribution in [0, 0.1) is 0 Å². The number of nitrogens with zero attached hydrogens (tertiary/aromatic N) is 2. The molecule has 0 unspecified atom stereocenters. The summed E-state index contributed by atoms with van der Waals surface area (Å²) in [6, 6.07) is 12.5. The van der Waals surface area contributed by atoms with Gasteiger partial charge in [-0.25, -0.2) is 0 Å². The summed E-state index contributed by atoms with van der Waals surface area (Å²) in [6.45, 7) is 6.37. The smallest absolute Gasteiger partial charge is 0.278 e. The van der Waals surface area contributed by atoms with Gasteiger partial charge in [-0.15, -0.1) is 10.2 Å². The lowest BCUT2D eigenvalue weighted by Crippen LogP contribution is -2.17. The van der Waals surface area contributed by atoms with Crippen LogP contribution in [-0.2, 0) is 10.2 Å². The van der Waals surface area contributed by atoms with Gasteiger partial charge in [-0.05, 0) is 29.2 Å². The summed E-state index contributed by atoms with van der Waals surface area (Å²) in [7, 11) is 0. The van der Waals surface area contributed by atoms with E-state index in [1.54, 1.807) is 18.2 Å². The monoisotopic (exact) mass is 462 g/mol. The van der Waals surface area contributed by atoms with Gasteiger partial charge in [0.2, 0.25) is 5.91 Å². The van der Waals surface area contributed by atoms with Crippen molar-refractivity contribution in [1.29, 1.82) is 0 Å². The van der Waals surface area contributed by atoms with E-state index < -0.39 is 0 Å². The molecule has 1 heterocycles. The molecule has 1 amide bonds. The first kappa shape index (κ1) is 22.3. The molecule has 3 aromatic rings.